The molecule has 2 bridgehead atoms. The fraction of sp³-hybridized carbons (Fsp3) is 0.571. The predicted molar refractivity (Wildman–Crippen MR) is 62.0 cm³/mol. The molecule has 0 heterocycles. The molecule has 4 unspecified atom stereocenters. The number of fused-ring (bicyclic) bond motifs is 2. The molecule has 1 fully saturated rings. The molecule has 2 aliphatic carbocycles. The van der Waals surface area contributed by atoms with Crippen LogP contribution < -0.4 is 0 Å². The van der Waals surface area contributed by atoms with E-state index >= 15 is 0 Å². The summed E-state index contributed by atoms with van der Waals surface area (Å²) < 4.78 is 0. The molecule has 0 N–H and O–H groups in total. The first-order chi connectivity index (χ1) is 6.72. The van der Waals surface area contributed by atoms with Gasteiger partial charge in [-0.05, 0) is 42.4 Å². The first kappa shape index (κ1) is 9.76. The molecule has 0 spiro atoms. The van der Waals surface area contributed by atoms with Crippen LogP contribution in [0.2, 0.25) is 0 Å². The lowest BCUT2D eigenvalue weighted by Gasteiger charge is -2.30. The van der Waals surface area contributed by atoms with Crippen LogP contribution in [0, 0.1) is 23.2 Å². The van der Waals surface area contributed by atoms with E-state index in [-0.39, 0.29) is 0 Å². The first-order valence-corrected chi connectivity index (χ1v) is 5.64. The van der Waals surface area contributed by atoms with Gasteiger partial charge in [0.15, 0.2) is 0 Å². The summed E-state index contributed by atoms with van der Waals surface area (Å²) in [6.07, 6.45) is 12.9. The zero-order valence-corrected chi connectivity index (χ0v) is 9.08. The maximum absolute atomic E-state index is 3.93. The zero-order chi connectivity index (χ0) is 10.2. The van der Waals surface area contributed by atoms with Crippen molar-refractivity contribution in [2.24, 2.45) is 23.2 Å². The maximum Gasteiger partial charge on any atom is -0.00495 e. The molecular formula is C14H20. The second-order valence-electron chi connectivity index (χ2n) is 4.97. The van der Waals surface area contributed by atoms with E-state index in [4.69, 9.17) is 0 Å². The Hall–Kier alpha value is -0.780. The van der Waals surface area contributed by atoms with E-state index in [1.165, 1.54) is 19.3 Å². The predicted octanol–water partition coefficient (Wildman–Crippen LogP) is 3.97. The first-order valence-electron chi connectivity index (χ1n) is 5.64. The molecule has 0 amide bonds. The van der Waals surface area contributed by atoms with Gasteiger partial charge < -0.3 is 0 Å². The monoisotopic (exact) mass is 188 g/mol. The van der Waals surface area contributed by atoms with Crippen LogP contribution in [0.4, 0.5) is 0 Å². The van der Waals surface area contributed by atoms with Gasteiger partial charge in [0.1, 0.15) is 0 Å². The van der Waals surface area contributed by atoms with Crippen molar-refractivity contribution >= 4 is 0 Å². The Kier molecular flexibility index (Phi) is 2.38. The van der Waals surface area contributed by atoms with Gasteiger partial charge in [0.25, 0.3) is 0 Å². The van der Waals surface area contributed by atoms with Crippen molar-refractivity contribution in [3.8, 4) is 0 Å². The third-order valence-electron chi connectivity index (χ3n) is 4.27. The molecule has 2 rings (SSSR count). The molecule has 14 heavy (non-hydrogen) atoms. The fourth-order valence-electron chi connectivity index (χ4n) is 3.24. The van der Waals surface area contributed by atoms with Crippen LogP contribution in [0.25, 0.3) is 0 Å². The summed E-state index contributed by atoms with van der Waals surface area (Å²) in [6, 6.07) is 0. The molecule has 0 aromatic heterocycles. The van der Waals surface area contributed by atoms with Crippen molar-refractivity contribution in [3.63, 3.8) is 0 Å². The smallest absolute Gasteiger partial charge is 0.00495 e. The highest BCUT2D eigenvalue weighted by atomic mass is 14.5. The van der Waals surface area contributed by atoms with Crippen LogP contribution >= 0.6 is 0 Å². The molecule has 0 aliphatic heterocycles. The van der Waals surface area contributed by atoms with E-state index in [1.807, 2.05) is 0 Å². The number of hydrogen-bond donors (Lipinski definition) is 0. The van der Waals surface area contributed by atoms with Gasteiger partial charge in [-0.15, -0.1) is 13.2 Å². The minimum atomic E-state index is 0.445. The summed E-state index contributed by atoms with van der Waals surface area (Å²) in [5.74, 6) is 2.29. The normalized spacial score (nSPS) is 41.2. The Bertz CT molecular complexity index is 274. The number of rotatable bonds is 4. The van der Waals surface area contributed by atoms with Crippen LogP contribution in [-0.4, -0.2) is 0 Å². The quantitative estimate of drug-likeness (QED) is 0.586. The summed E-state index contributed by atoms with van der Waals surface area (Å²) >= 11 is 0. The summed E-state index contributed by atoms with van der Waals surface area (Å²) in [4.78, 5) is 0. The lowest BCUT2D eigenvalue weighted by Crippen LogP contribution is -2.21. The highest BCUT2D eigenvalue weighted by Crippen LogP contribution is 2.57. The Balaban J connectivity index is 2.15. The summed E-state index contributed by atoms with van der Waals surface area (Å²) in [5.41, 5.74) is 0.445. The van der Waals surface area contributed by atoms with E-state index in [9.17, 15) is 0 Å². The highest BCUT2D eigenvalue weighted by molar-refractivity contribution is 5.21. The minimum absolute atomic E-state index is 0.445. The van der Waals surface area contributed by atoms with Crippen molar-refractivity contribution in [1.82, 2.24) is 0 Å². The van der Waals surface area contributed by atoms with Crippen LogP contribution in [-0.2, 0) is 0 Å². The van der Waals surface area contributed by atoms with Crippen LogP contribution in [0.5, 0.6) is 0 Å². The molecule has 76 valence electrons. The molecule has 4 atom stereocenters. The lowest BCUT2D eigenvalue weighted by molar-refractivity contribution is 0.293. The van der Waals surface area contributed by atoms with Crippen LogP contribution in [0.1, 0.15) is 26.2 Å². The molecule has 1 saturated carbocycles. The molecular weight excluding hydrogens is 168 g/mol. The van der Waals surface area contributed by atoms with E-state index in [0.29, 0.717) is 11.3 Å². The topological polar surface area (TPSA) is 0 Å². The molecule has 0 aromatic carbocycles. The highest BCUT2D eigenvalue weighted by Gasteiger charge is 2.48. The van der Waals surface area contributed by atoms with Gasteiger partial charge in [0.05, 0.1) is 0 Å². The van der Waals surface area contributed by atoms with Crippen molar-refractivity contribution < 1.29 is 0 Å². The van der Waals surface area contributed by atoms with Crippen molar-refractivity contribution in [2.75, 3.05) is 0 Å². The molecule has 2 aliphatic rings. The van der Waals surface area contributed by atoms with Crippen molar-refractivity contribution in [3.05, 3.63) is 37.5 Å². The Labute approximate surface area is 87.4 Å². The summed E-state index contributed by atoms with van der Waals surface area (Å²) in [5, 5.41) is 0. The number of hydrogen-bond acceptors (Lipinski definition) is 0. The third-order valence-corrected chi connectivity index (χ3v) is 4.27. The van der Waals surface area contributed by atoms with Gasteiger partial charge in [-0.3, -0.25) is 0 Å². The molecule has 0 heteroatoms. The van der Waals surface area contributed by atoms with Crippen LogP contribution in [0.3, 0.4) is 0 Å². The molecule has 0 saturated heterocycles. The zero-order valence-electron chi connectivity index (χ0n) is 9.08. The molecule has 0 radical (unpaired) electrons. The number of allylic oxidation sites excluding steroid dienone is 4. The van der Waals surface area contributed by atoms with Crippen molar-refractivity contribution in [1.29, 1.82) is 0 Å². The van der Waals surface area contributed by atoms with E-state index < -0.39 is 0 Å². The fourth-order valence-corrected chi connectivity index (χ4v) is 3.24. The second kappa shape index (κ2) is 3.42. The molecule has 0 nitrogen and oxygen atoms in total. The standard InChI is InChI=1S/C14H20/c1-4-6-12-9-14(11(3)5-2)8-7-13(12)10-14/h4-5,7-8,11-13H,1-2,6,9-10H2,3H3. The Morgan fingerprint density at radius 2 is 2.29 bits per heavy atom. The van der Waals surface area contributed by atoms with Gasteiger partial charge in [-0.25, -0.2) is 0 Å². The van der Waals surface area contributed by atoms with E-state index in [1.54, 1.807) is 0 Å². The van der Waals surface area contributed by atoms with Gasteiger partial charge in [-0.1, -0.05) is 31.2 Å². The third kappa shape index (κ3) is 1.28. The van der Waals surface area contributed by atoms with E-state index in [2.05, 4.69) is 44.4 Å². The summed E-state index contributed by atoms with van der Waals surface area (Å²) in [7, 11) is 0. The van der Waals surface area contributed by atoms with Crippen LogP contribution in [0.15, 0.2) is 37.5 Å². The Morgan fingerprint density at radius 1 is 1.50 bits per heavy atom. The van der Waals surface area contributed by atoms with Gasteiger partial charge >= 0.3 is 0 Å². The van der Waals surface area contributed by atoms with E-state index in [0.717, 1.165) is 11.8 Å². The van der Waals surface area contributed by atoms with Gasteiger partial charge in [-0.2, -0.15) is 0 Å². The SMILES string of the molecule is C=CCC1CC2(C(C)C=C)C=CC1C2. The van der Waals surface area contributed by atoms with Gasteiger partial charge in [0, 0.05) is 0 Å². The average Bonchev–Trinajstić information content (AvgIpc) is 2.76. The maximum atomic E-state index is 3.93. The van der Waals surface area contributed by atoms with Gasteiger partial charge in [0.2, 0.25) is 0 Å². The van der Waals surface area contributed by atoms with Crippen molar-refractivity contribution in [2.45, 2.75) is 26.2 Å². The average molecular weight is 188 g/mol. The minimum Gasteiger partial charge on any atom is -0.103 e. The second-order valence-corrected chi connectivity index (χ2v) is 4.97. The summed E-state index contributed by atoms with van der Waals surface area (Å²) in [6.45, 7) is 10.1. The largest absolute Gasteiger partial charge is 0.103 e. The Morgan fingerprint density at radius 3 is 2.93 bits per heavy atom. The molecule has 0 aromatic rings. The lowest BCUT2D eigenvalue weighted by atomic mass is 9.74.